The summed E-state index contributed by atoms with van der Waals surface area (Å²) in [6.07, 6.45) is 6.25. The van der Waals surface area contributed by atoms with Crippen molar-refractivity contribution < 1.29 is 9.13 Å². The fourth-order valence-electron chi connectivity index (χ4n) is 3.59. The first kappa shape index (κ1) is 20.3. The summed E-state index contributed by atoms with van der Waals surface area (Å²) in [5.74, 6) is 2.70. The van der Waals surface area contributed by atoms with Gasteiger partial charge in [-0.1, -0.05) is 0 Å². The monoisotopic (exact) mass is 387 g/mol. The van der Waals surface area contributed by atoms with Gasteiger partial charge in [0.25, 0.3) is 0 Å². The standard InChI is InChI=1S/C21H30FN5O/c1-27(2)20-10-11-24-21(26-20)25-17-6-4-15(5-7-17)13-23-14-16-12-18(28-3)8-9-19(16)22/h8-12,15,17,23H,4-7,13-14H2,1-3H3,(H,24,25,26). The SMILES string of the molecule is COc1ccc(F)c(CNCC2CCC(Nc3nccc(N(C)C)n3)CC2)c1. The molecule has 0 aliphatic heterocycles. The van der Waals surface area contributed by atoms with E-state index >= 15 is 0 Å². The predicted octanol–water partition coefficient (Wildman–Crippen LogP) is 3.45. The summed E-state index contributed by atoms with van der Waals surface area (Å²) < 4.78 is 19.1. The van der Waals surface area contributed by atoms with E-state index in [0.717, 1.165) is 38.0 Å². The molecular formula is C21H30FN5O. The third-order valence-electron chi connectivity index (χ3n) is 5.28. The molecule has 3 rings (SSSR count). The first-order valence-electron chi connectivity index (χ1n) is 9.85. The third kappa shape index (κ3) is 5.55. The molecule has 28 heavy (non-hydrogen) atoms. The highest BCUT2D eigenvalue weighted by Gasteiger charge is 2.21. The van der Waals surface area contributed by atoms with Crippen LogP contribution in [0.3, 0.4) is 0 Å². The highest BCUT2D eigenvalue weighted by atomic mass is 19.1. The lowest BCUT2D eigenvalue weighted by Gasteiger charge is -2.29. The Morgan fingerprint density at radius 3 is 2.68 bits per heavy atom. The molecule has 0 spiro atoms. The van der Waals surface area contributed by atoms with E-state index in [9.17, 15) is 4.39 Å². The zero-order valence-electron chi connectivity index (χ0n) is 16.9. The fraction of sp³-hybridized carbons (Fsp3) is 0.524. The van der Waals surface area contributed by atoms with Crippen LogP contribution in [0.25, 0.3) is 0 Å². The van der Waals surface area contributed by atoms with Crippen molar-refractivity contribution in [3.05, 3.63) is 41.8 Å². The maximum Gasteiger partial charge on any atom is 0.224 e. The highest BCUT2D eigenvalue weighted by molar-refractivity contribution is 5.41. The van der Waals surface area contributed by atoms with Gasteiger partial charge in [-0.15, -0.1) is 0 Å². The fourth-order valence-corrected chi connectivity index (χ4v) is 3.59. The molecule has 0 radical (unpaired) electrons. The van der Waals surface area contributed by atoms with Gasteiger partial charge in [0, 0.05) is 38.4 Å². The van der Waals surface area contributed by atoms with Crippen molar-refractivity contribution >= 4 is 11.8 Å². The van der Waals surface area contributed by atoms with E-state index < -0.39 is 0 Å². The Morgan fingerprint density at radius 1 is 1.18 bits per heavy atom. The van der Waals surface area contributed by atoms with Crippen molar-refractivity contribution in [3.8, 4) is 5.75 Å². The van der Waals surface area contributed by atoms with E-state index in [-0.39, 0.29) is 5.82 Å². The van der Waals surface area contributed by atoms with Crippen molar-refractivity contribution in [2.45, 2.75) is 38.3 Å². The van der Waals surface area contributed by atoms with Crippen LogP contribution >= 0.6 is 0 Å². The van der Waals surface area contributed by atoms with Crippen LogP contribution in [0.4, 0.5) is 16.2 Å². The normalized spacial score (nSPS) is 19.3. The second-order valence-electron chi connectivity index (χ2n) is 7.58. The number of benzene rings is 1. The Kier molecular flexibility index (Phi) is 7.03. The molecule has 1 aliphatic carbocycles. The molecule has 2 N–H and O–H groups in total. The van der Waals surface area contributed by atoms with Crippen LogP contribution < -0.4 is 20.3 Å². The summed E-state index contributed by atoms with van der Waals surface area (Å²) >= 11 is 0. The zero-order chi connectivity index (χ0) is 19.9. The maximum absolute atomic E-state index is 13.9. The Bertz CT molecular complexity index is 762. The highest BCUT2D eigenvalue weighted by Crippen LogP contribution is 2.26. The minimum atomic E-state index is -0.193. The number of nitrogens with one attached hydrogen (secondary N) is 2. The summed E-state index contributed by atoms with van der Waals surface area (Å²) in [7, 11) is 5.54. The van der Waals surface area contributed by atoms with Crippen LogP contribution in [0, 0.1) is 11.7 Å². The number of anilines is 2. The molecule has 1 heterocycles. The van der Waals surface area contributed by atoms with Crippen molar-refractivity contribution in [2.24, 2.45) is 5.92 Å². The average molecular weight is 388 g/mol. The largest absolute Gasteiger partial charge is 0.497 e. The van der Waals surface area contributed by atoms with Gasteiger partial charge in [0.05, 0.1) is 7.11 Å². The van der Waals surface area contributed by atoms with Crippen LogP contribution in [0.2, 0.25) is 0 Å². The lowest BCUT2D eigenvalue weighted by molar-refractivity contribution is 0.323. The van der Waals surface area contributed by atoms with Crippen molar-refractivity contribution in [3.63, 3.8) is 0 Å². The molecule has 152 valence electrons. The van der Waals surface area contributed by atoms with Crippen molar-refractivity contribution in [2.75, 3.05) is 38.0 Å². The second-order valence-corrected chi connectivity index (χ2v) is 7.58. The Hall–Kier alpha value is -2.41. The van der Waals surface area contributed by atoms with Gasteiger partial charge in [0.1, 0.15) is 17.4 Å². The smallest absolute Gasteiger partial charge is 0.224 e. The van der Waals surface area contributed by atoms with E-state index in [2.05, 4.69) is 20.6 Å². The second kappa shape index (κ2) is 9.68. The van der Waals surface area contributed by atoms with Crippen LogP contribution in [-0.4, -0.2) is 43.8 Å². The summed E-state index contributed by atoms with van der Waals surface area (Å²) in [6, 6.07) is 7.17. The van der Waals surface area contributed by atoms with E-state index in [1.54, 1.807) is 25.4 Å². The molecule has 1 aromatic carbocycles. The van der Waals surface area contributed by atoms with Gasteiger partial charge in [0.2, 0.25) is 5.95 Å². The van der Waals surface area contributed by atoms with E-state index in [1.807, 2.05) is 25.1 Å². The van der Waals surface area contributed by atoms with Crippen LogP contribution in [0.5, 0.6) is 5.75 Å². The third-order valence-corrected chi connectivity index (χ3v) is 5.28. The minimum absolute atomic E-state index is 0.193. The molecule has 1 fully saturated rings. The van der Waals surface area contributed by atoms with Crippen molar-refractivity contribution in [1.29, 1.82) is 0 Å². The van der Waals surface area contributed by atoms with Gasteiger partial charge in [-0.25, -0.2) is 9.37 Å². The average Bonchev–Trinajstić information content (AvgIpc) is 2.71. The van der Waals surface area contributed by atoms with Gasteiger partial charge >= 0.3 is 0 Å². The van der Waals surface area contributed by atoms with Crippen LogP contribution in [-0.2, 0) is 6.54 Å². The Morgan fingerprint density at radius 2 is 1.96 bits per heavy atom. The number of rotatable bonds is 8. The lowest BCUT2D eigenvalue weighted by Crippen LogP contribution is -2.31. The Labute approximate surface area is 166 Å². The summed E-state index contributed by atoms with van der Waals surface area (Å²) in [5.41, 5.74) is 0.646. The van der Waals surface area contributed by atoms with Crippen LogP contribution in [0.15, 0.2) is 30.5 Å². The zero-order valence-corrected chi connectivity index (χ0v) is 16.9. The van der Waals surface area contributed by atoms with E-state index in [0.29, 0.717) is 35.8 Å². The predicted molar refractivity (Wildman–Crippen MR) is 110 cm³/mol. The molecule has 0 bridgehead atoms. The molecule has 0 atom stereocenters. The summed E-state index contributed by atoms with van der Waals surface area (Å²) in [5, 5.41) is 6.87. The molecule has 1 aliphatic rings. The quantitative estimate of drug-likeness (QED) is 0.723. The number of aromatic nitrogens is 2. The Balaban J connectivity index is 1.41. The number of ether oxygens (including phenoxy) is 1. The first-order chi connectivity index (χ1) is 13.5. The number of hydrogen-bond donors (Lipinski definition) is 2. The summed E-state index contributed by atoms with van der Waals surface area (Å²) in [6.45, 7) is 1.42. The summed E-state index contributed by atoms with van der Waals surface area (Å²) in [4.78, 5) is 10.8. The number of methoxy groups -OCH3 is 1. The first-order valence-corrected chi connectivity index (χ1v) is 9.85. The minimum Gasteiger partial charge on any atom is -0.497 e. The molecule has 1 aromatic heterocycles. The van der Waals surface area contributed by atoms with Gasteiger partial charge in [0.15, 0.2) is 0 Å². The molecular weight excluding hydrogens is 357 g/mol. The molecule has 6 nitrogen and oxygen atoms in total. The number of nitrogens with zero attached hydrogens (tertiary/aromatic N) is 3. The van der Waals surface area contributed by atoms with Gasteiger partial charge in [-0.05, 0) is 62.4 Å². The van der Waals surface area contributed by atoms with Gasteiger partial charge in [-0.2, -0.15) is 4.98 Å². The molecule has 0 amide bonds. The molecule has 7 heteroatoms. The molecule has 0 unspecified atom stereocenters. The number of hydrogen-bond acceptors (Lipinski definition) is 6. The topological polar surface area (TPSA) is 62.3 Å². The maximum atomic E-state index is 13.9. The molecule has 0 saturated heterocycles. The molecule has 1 saturated carbocycles. The molecule has 2 aromatic rings. The van der Waals surface area contributed by atoms with Gasteiger partial charge < -0.3 is 20.3 Å². The number of halogens is 1. The van der Waals surface area contributed by atoms with Crippen molar-refractivity contribution in [1.82, 2.24) is 15.3 Å². The van der Waals surface area contributed by atoms with Gasteiger partial charge in [-0.3, -0.25) is 0 Å². The van der Waals surface area contributed by atoms with E-state index in [1.165, 1.54) is 6.07 Å². The van der Waals surface area contributed by atoms with E-state index in [4.69, 9.17) is 4.74 Å². The lowest BCUT2D eigenvalue weighted by atomic mass is 9.86. The van der Waals surface area contributed by atoms with Crippen LogP contribution in [0.1, 0.15) is 31.2 Å².